The number of hydrogen-bond acceptors (Lipinski definition) is 3. The molecule has 21 heavy (non-hydrogen) atoms. The van der Waals surface area contributed by atoms with Gasteiger partial charge in [0, 0.05) is 13.1 Å². The minimum atomic E-state index is 0.556. The van der Waals surface area contributed by atoms with Gasteiger partial charge in [-0.1, -0.05) is 13.3 Å². The number of piperidine rings is 2. The van der Waals surface area contributed by atoms with Crippen molar-refractivity contribution in [3.63, 3.8) is 0 Å². The van der Waals surface area contributed by atoms with Crippen LogP contribution in [0.25, 0.3) is 0 Å². The van der Waals surface area contributed by atoms with E-state index in [1.807, 2.05) is 0 Å². The van der Waals surface area contributed by atoms with Crippen LogP contribution in [0, 0.1) is 5.92 Å². The largest absolute Gasteiger partial charge is 0.375 e. The zero-order valence-electron chi connectivity index (χ0n) is 13.9. The lowest BCUT2D eigenvalue weighted by molar-refractivity contribution is -0.0905. The zero-order valence-corrected chi connectivity index (χ0v) is 13.9. The van der Waals surface area contributed by atoms with Crippen LogP contribution < -0.4 is 0 Å². The number of hydrogen-bond donors (Lipinski definition) is 0. The second kappa shape index (κ2) is 7.94. The van der Waals surface area contributed by atoms with Crippen molar-refractivity contribution < 1.29 is 4.74 Å². The van der Waals surface area contributed by atoms with Crippen molar-refractivity contribution >= 4 is 0 Å². The van der Waals surface area contributed by atoms with Gasteiger partial charge in [0.2, 0.25) is 0 Å². The molecule has 0 spiro atoms. The fourth-order valence-corrected chi connectivity index (χ4v) is 4.18. The summed E-state index contributed by atoms with van der Waals surface area (Å²) in [6.07, 6.45) is 11.9. The molecule has 0 unspecified atom stereocenters. The Morgan fingerprint density at radius 1 is 0.810 bits per heavy atom. The molecule has 0 atom stereocenters. The highest BCUT2D eigenvalue weighted by Crippen LogP contribution is 2.31. The third kappa shape index (κ3) is 4.94. The minimum Gasteiger partial charge on any atom is -0.375 e. The second-order valence-electron chi connectivity index (χ2n) is 7.63. The molecule has 0 aromatic carbocycles. The van der Waals surface area contributed by atoms with Crippen LogP contribution in [-0.2, 0) is 4.74 Å². The quantitative estimate of drug-likeness (QED) is 0.748. The Bertz CT molecular complexity index is 290. The molecule has 1 aliphatic carbocycles. The van der Waals surface area contributed by atoms with E-state index < -0.39 is 0 Å². The molecule has 3 nitrogen and oxygen atoms in total. The smallest absolute Gasteiger partial charge is 0.0603 e. The van der Waals surface area contributed by atoms with Crippen LogP contribution in [0.4, 0.5) is 0 Å². The van der Waals surface area contributed by atoms with Gasteiger partial charge in [0.05, 0.1) is 12.2 Å². The van der Waals surface area contributed by atoms with Crippen molar-refractivity contribution in [3.05, 3.63) is 0 Å². The van der Waals surface area contributed by atoms with Gasteiger partial charge in [-0.3, -0.25) is 0 Å². The average molecular weight is 294 g/mol. The Balaban J connectivity index is 1.24. The van der Waals surface area contributed by atoms with Gasteiger partial charge in [-0.05, 0) is 77.0 Å². The average Bonchev–Trinajstić information content (AvgIpc) is 2.48. The van der Waals surface area contributed by atoms with Gasteiger partial charge < -0.3 is 14.5 Å². The van der Waals surface area contributed by atoms with E-state index >= 15 is 0 Å². The van der Waals surface area contributed by atoms with Gasteiger partial charge >= 0.3 is 0 Å². The molecule has 0 N–H and O–H groups in total. The maximum Gasteiger partial charge on any atom is 0.0603 e. The first-order chi connectivity index (χ1) is 10.3. The molecule has 2 heterocycles. The lowest BCUT2D eigenvalue weighted by atomic mass is 9.84. The molecule has 0 bridgehead atoms. The molecule has 2 saturated heterocycles. The van der Waals surface area contributed by atoms with Crippen molar-refractivity contribution in [3.8, 4) is 0 Å². The van der Waals surface area contributed by atoms with E-state index in [1.54, 1.807) is 0 Å². The van der Waals surface area contributed by atoms with Crippen molar-refractivity contribution in [2.75, 3.05) is 39.3 Å². The van der Waals surface area contributed by atoms with Crippen molar-refractivity contribution in [2.45, 2.75) is 70.5 Å². The molecular weight excluding hydrogens is 260 g/mol. The molecule has 0 radical (unpaired) electrons. The molecule has 0 aromatic heterocycles. The van der Waals surface area contributed by atoms with Crippen molar-refractivity contribution in [2.24, 2.45) is 5.92 Å². The van der Waals surface area contributed by atoms with E-state index in [2.05, 4.69) is 16.7 Å². The van der Waals surface area contributed by atoms with E-state index in [0.29, 0.717) is 12.2 Å². The molecule has 1 saturated carbocycles. The summed E-state index contributed by atoms with van der Waals surface area (Å²) in [4.78, 5) is 5.32. The lowest BCUT2D eigenvalue weighted by Gasteiger charge is -2.39. The van der Waals surface area contributed by atoms with Gasteiger partial charge in [-0.25, -0.2) is 0 Å². The van der Waals surface area contributed by atoms with Crippen molar-refractivity contribution in [1.29, 1.82) is 0 Å². The van der Waals surface area contributed by atoms with Gasteiger partial charge in [0.1, 0.15) is 0 Å². The van der Waals surface area contributed by atoms with E-state index in [-0.39, 0.29) is 0 Å². The first-order valence-corrected chi connectivity index (χ1v) is 9.40. The standard InChI is InChI=1S/C18H34N2O/c1-16-14-18(15-16)21-17-6-12-20(13-7-17)11-5-10-19-8-3-2-4-9-19/h16-18H,2-15H2,1H3. The molecule has 0 aromatic rings. The molecule has 122 valence electrons. The summed E-state index contributed by atoms with van der Waals surface area (Å²) < 4.78 is 6.21. The van der Waals surface area contributed by atoms with E-state index in [0.717, 1.165) is 5.92 Å². The Hall–Kier alpha value is -0.120. The van der Waals surface area contributed by atoms with Crippen molar-refractivity contribution in [1.82, 2.24) is 9.80 Å². The van der Waals surface area contributed by atoms with Crippen LogP contribution in [0.15, 0.2) is 0 Å². The SMILES string of the molecule is CC1CC(OC2CCN(CCCN3CCCCC3)CC2)C1. The molecule has 3 heteroatoms. The topological polar surface area (TPSA) is 15.7 Å². The maximum absolute atomic E-state index is 6.21. The van der Waals surface area contributed by atoms with Crippen LogP contribution in [0.5, 0.6) is 0 Å². The summed E-state index contributed by atoms with van der Waals surface area (Å²) in [6, 6.07) is 0. The highest BCUT2D eigenvalue weighted by molar-refractivity contribution is 4.80. The van der Waals surface area contributed by atoms with Crippen LogP contribution in [0.1, 0.15) is 58.3 Å². The number of ether oxygens (including phenoxy) is 1. The lowest BCUT2D eigenvalue weighted by Crippen LogP contribution is -2.42. The summed E-state index contributed by atoms with van der Waals surface area (Å²) in [6.45, 7) is 10.1. The molecule has 3 fully saturated rings. The third-order valence-corrected chi connectivity index (χ3v) is 5.65. The summed E-state index contributed by atoms with van der Waals surface area (Å²) in [5, 5.41) is 0. The Labute approximate surface area is 131 Å². The van der Waals surface area contributed by atoms with Crippen LogP contribution in [0.3, 0.4) is 0 Å². The van der Waals surface area contributed by atoms with Crippen LogP contribution in [0.2, 0.25) is 0 Å². The van der Waals surface area contributed by atoms with Gasteiger partial charge in [0.15, 0.2) is 0 Å². The van der Waals surface area contributed by atoms with E-state index in [9.17, 15) is 0 Å². The highest BCUT2D eigenvalue weighted by atomic mass is 16.5. The predicted octanol–water partition coefficient (Wildman–Crippen LogP) is 3.14. The number of likely N-dealkylation sites (tertiary alicyclic amines) is 2. The monoisotopic (exact) mass is 294 g/mol. The predicted molar refractivity (Wildman–Crippen MR) is 87.6 cm³/mol. The van der Waals surface area contributed by atoms with Crippen LogP contribution in [-0.4, -0.2) is 61.3 Å². The third-order valence-electron chi connectivity index (χ3n) is 5.65. The first-order valence-electron chi connectivity index (χ1n) is 9.40. The van der Waals surface area contributed by atoms with Gasteiger partial charge in [-0.15, -0.1) is 0 Å². The first kappa shape index (κ1) is 15.8. The molecule has 3 rings (SSSR count). The summed E-state index contributed by atoms with van der Waals surface area (Å²) in [7, 11) is 0. The van der Waals surface area contributed by atoms with Gasteiger partial charge in [0.25, 0.3) is 0 Å². The Morgan fingerprint density at radius 2 is 1.43 bits per heavy atom. The summed E-state index contributed by atoms with van der Waals surface area (Å²) >= 11 is 0. The number of rotatable bonds is 6. The Morgan fingerprint density at radius 3 is 2.05 bits per heavy atom. The fraction of sp³-hybridized carbons (Fsp3) is 1.00. The summed E-state index contributed by atoms with van der Waals surface area (Å²) in [5.74, 6) is 0.907. The van der Waals surface area contributed by atoms with E-state index in [4.69, 9.17) is 4.74 Å². The van der Waals surface area contributed by atoms with E-state index in [1.165, 1.54) is 90.6 Å². The Kier molecular flexibility index (Phi) is 5.96. The highest BCUT2D eigenvalue weighted by Gasteiger charge is 2.30. The molecule has 2 aliphatic heterocycles. The molecule has 0 amide bonds. The zero-order chi connectivity index (χ0) is 14.5. The summed E-state index contributed by atoms with van der Waals surface area (Å²) in [5.41, 5.74) is 0. The fourth-order valence-electron chi connectivity index (χ4n) is 4.18. The molecular formula is C18H34N2O. The minimum absolute atomic E-state index is 0.556. The maximum atomic E-state index is 6.21. The number of nitrogens with zero attached hydrogens (tertiary/aromatic N) is 2. The normalized spacial score (nSPS) is 33.0. The second-order valence-corrected chi connectivity index (χ2v) is 7.63. The van der Waals surface area contributed by atoms with Gasteiger partial charge in [-0.2, -0.15) is 0 Å². The molecule has 3 aliphatic rings. The van der Waals surface area contributed by atoms with Crippen LogP contribution >= 0.6 is 0 Å².